The predicted octanol–water partition coefficient (Wildman–Crippen LogP) is 2.56. The van der Waals surface area contributed by atoms with Crippen LogP contribution in [0.15, 0.2) is 28.7 Å². The standard InChI is InChI=1S/C11H13BrO3S/c1-2-10(11(13)14)16(15)7-8-4-3-5-9(12)6-8/h3-6,10H,2,7H2,1H3,(H,13,14). The van der Waals surface area contributed by atoms with E-state index in [0.29, 0.717) is 6.42 Å². The van der Waals surface area contributed by atoms with Crippen LogP contribution < -0.4 is 0 Å². The molecular formula is C11H13BrO3S. The molecule has 1 rings (SSSR count). The number of aliphatic carboxylic acids is 1. The maximum absolute atomic E-state index is 11.8. The highest BCUT2D eigenvalue weighted by atomic mass is 79.9. The molecule has 0 aliphatic rings. The summed E-state index contributed by atoms with van der Waals surface area (Å²) in [6.07, 6.45) is 0.385. The lowest BCUT2D eigenvalue weighted by atomic mass is 10.2. The van der Waals surface area contributed by atoms with Gasteiger partial charge in [0.25, 0.3) is 0 Å². The minimum atomic E-state index is -1.37. The maximum atomic E-state index is 11.8. The average Bonchev–Trinajstić information content (AvgIpc) is 2.17. The van der Waals surface area contributed by atoms with Gasteiger partial charge in [-0.3, -0.25) is 9.00 Å². The monoisotopic (exact) mass is 304 g/mol. The van der Waals surface area contributed by atoms with Crippen LogP contribution in [0.2, 0.25) is 0 Å². The van der Waals surface area contributed by atoms with Gasteiger partial charge in [0.1, 0.15) is 5.25 Å². The van der Waals surface area contributed by atoms with Crippen molar-refractivity contribution in [2.75, 3.05) is 0 Å². The van der Waals surface area contributed by atoms with Gasteiger partial charge in [-0.2, -0.15) is 0 Å². The zero-order valence-electron chi connectivity index (χ0n) is 8.85. The topological polar surface area (TPSA) is 54.4 Å². The van der Waals surface area contributed by atoms with Gasteiger partial charge in [-0.25, -0.2) is 0 Å². The number of hydrogen-bond acceptors (Lipinski definition) is 2. The molecule has 5 heteroatoms. The summed E-state index contributed by atoms with van der Waals surface area (Å²) in [6, 6.07) is 7.42. The fourth-order valence-corrected chi connectivity index (χ4v) is 3.12. The summed E-state index contributed by atoms with van der Waals surface area (Å²) in [7, 11) is -1.37. The molecule has 0 saturated carbocycles. The third-order valence-corrected chi connectivity index (χ3v) is 4.44. The first-order valence-corrected chi connectivity index (χ1v) is 7.06. The van der Waals surface area contributed by atoms with E-state index in [0.717, 1.165) is 10.0 Å². The lowest BCUT2D eigenvalue weighted by Crippen LogP contribution is -2.25. The average molecular weight is 305 g/mol. The van der Waals surface area contributed by atoms with Crippen molar-refractivity contribution in [2.45, 2.75) is 24.3 Å². The second kappa shape index (κ2) is 6.15. The Bertz CT molecular complexity index is 406. The molecular weight excluding hydrogens is 292 g/mol. The molecule has 1 N–H and O–H groups in total. The number of hydrogen-bond donors (Lipinski definition) is 1. The quantitative estimate of drug-likeness (QED) is 0.909. The summed E-state index contributed by atoms with van der Waals surface area (Å²) in [6.45, 7) is 1.73. The zero-order valence-corrected chi connectivity index (χ0v) is 11.3. The fourth-order valence-electron chi connectivity index (χ4n) is 1.36. The largest absolute Gasteiger partial charge is 0.480 e. The Balaban J connectivity index is 2.74. The predicted molar refractivity (Wildman–Crippen MR) is 67.7 cm³/mol. The van der Waals surface area contributed by atoms with Crippen LogP contribution in [0, 0.1) is 0 Å². The Hall–Kier alpha value is -0.680. The fraction of sp³-hybridized carbons (Fsp3) is 0.364. The molecule has 88 valence electrons. The second-order valence-electron chi connectivity index (χ2n) is 3.39. The third-order valence-electron chi connectivity index (χ3n) is 2.16. The van der Waals surface area contributed by atoms with E-state index in [4.69, 9.17) is 5.11 Å². The van der Waals surface area contributed by atoms with Crippen LogP contribution >= 0.6 is 15.9 Å². The van der Waals surface area contributed by atoms with Crippen molar-refractivity contribution in [1.29, 1.82) is 0 Å². The first-order valence-electron chi connectivity index (χ1n) is 4.89. The molecule has 0 fully saturated rings. The molecule has 0 bridgehead atoms. The van der Waals surface area contributed by atoms with Gasteiger partial charge in [-0.05, 0) is 24.1 Å². The Kier molecular flexibility index (Phi) is 5.15. The Morgan fingerprint density at radius 1 is 1.56 bits per heavy atom. The Morgan fingerprint density at radius 2 is 2.25 bits per heavy atom. The molecule has 16 heavy (non-hydrogen) atoms. The number of carboxylic acid groups (broad SMARTS) is 1. The van der Waals surface area contributed by atoms with Crippen molar-refractivity contribution in [2.24, 2.45) is 0 Å². The van der Waals surface area contributed by atoms with E-state index in [1.54, 1.807) is 6.92 Å². The number of carbonyl (C=O) groups is 1. The smallest absolute Gasteiger partial charge is 0.319 e. The minimum absolute atomic E-state index is 0.282. The van der Waals surface area contributed by atoms with E-state index >= 15 is 0 Å². The van der Waals surface area contributed by atoms with E-state index in [2.05, 4.69) is 15.9 Å². The molecule has 0 radical (unpaired) electrons. The lowest BCUT2D eigenvalue weighted by Gasteiger charge is -2.09. The van der Waals surface area contributed by atoms with Crippen LogP contribution in [-0.2, 0) is 21.3 Å². The molecule has 1 aromatic carbocycles. The van der Waals surface area contributed by atoms with Crippen LogP contribution in [-0.4, -0.2) is 20.5 Å². The number of rotatable bonds is 5. The van der Waals surface area contributed by atoms with Gasteiger partial charge in [0.2, 0.25) is 0 Å². The van der Waals surface area contributed by atoms with Gasteiger partial charge < -0.3 is 5.11 Å². The Labute approximate surface area is 105 Å². The van der Waals surface area contributed by atoms with Crippen molar-refractivity contribution in [3.8, 4) is 0 Å². The van der Waals surface area contributed by atoms with Crippen molar-refractivity contribution in [1.82, 2.24) is 0 Å². The lowest BCUT2D eigenvalue weighted by molar-refractivity contribution is -0.136. The van der Waals surface area contributed by atoms with Gasteiger partial charge in [0.05, 0.1) is 0 Å². The van der Waals surface area contributed by atoms with Crippen LogP contribution in [0.5, 0.6) is 0 Å². The highest BCUT2D eigenvalue weighted by molar-refractivity contribution is 9.10. The first kappa shape index (κ1) is 13.4. The molecule has 0 aliphatic carbocycles. The summed E-state index contributed by atoms with van der Waals surface area (Å²) in [4.78, 5) is 10.8. The van der Waals surface area contributed by atoms with Crippen LogP contribution in [0.1, 0.15) is 18.9 Å². The molecule has 0 spiro atoms. The highest BCUT2D eigenvalue weighted by Crippen LogP contribution is 2.15. The van der Waals surface area contributed by atoms with Gasteiger partial charge in [-0.15, -0.1) is 0 Å². The van der Waals surface area contributed by atoms with Gasteiger partial charge in [-0.1, -0.05) is 35.0 Å². The third kappa shape index (κ3) is 3.72. The number of benzene rings is 1. The molecule has 0 saturated heterocycles. The molecule has 0 heterocycles. The summed E-state index contributed by atoms with van der Waals surface area (Å²) < 4.78 is 12.7. The summed E-state index contributed by atoms with van der Waals surface area (Å²) >= 11 is 3.32. The van der Waals surface area contributed by atoms with E-state index < -0.39 is 22.0 Å². The van der Waals surface area contributed by atoms with Crippen LogP contribution in [0.3, 0.4) is 0 Å². The van der Waals surface area contributed by atoms with Gasteiger partial charge in [0.15, 0.2) is 0 Å². The van der Waals surface area contributed by atoms with Crippen LogP contribution in [0.25, 0.3) is 0 Å². The maximum Gasteiger partial charge on any atom is 0.319 e. The summed E-state index contributed by atoms with van der Waals surface area (Å²) in [5.74, 6) is -0.708. The van der Waals surface area contributed by atoms with Gasteiger partial charge >= 0.3 is 5.97 Å². The number of halogens is 1. The van der Waals surface area contributed by atoms with E-state index in [-0.39, 0.29) is 5.75 Å². The molecule has 1 aromatic rings. The SMILES string of the molecule is CCC(C(=O)O)S(=O)Cc1cccc(Br)c1. The van der Waals surface area contributed by atoms with E-state index in [1.807, 2.05) is 24.3 Å². The second-order valence-corrected chi connectivity index (χ2v) is 5.93. The highest BCUT2D eigenvalue weighted by Gasteiger charge is 2.22. The Morgan fingerprint density at radius 3 is 2.75 bits per heavy atom. The van der Waals surface area contributed by atoms with Gasteiger partial charge in [0, 0.05) is 21.0 Å². The van der Waals surface area contributed by atoms with Crippen LogP contribution in [0.4, 0.5) is 0 Å². The van der Waals surface area contributed by atoms with Crippen molar-refractivity contribution >= 4 is 32.7 Å². The van der Waals surface area contributed by atoms with E-state index in [1.165, 1.54) is 0 Å². The molecule has 0 aromatic heterocycles. The molecule has 0 amide bonds. The summed E-state index contributed by atoms with van der Waals surface area (Å²) in [5.41, 5.74) is 0.882. The molecule has 0 aliphatic heterocycles. The van der Waals surface area contributed by atoms with Crippen molar-refractivity contribution in [3.05, 3.63) is 34.3 Å². The first-order chi connectivity index (χ1) is 7.54. The van der Waals surface area contributed by atoms with Crippen molar-refractivity contribution < 1.29 is 14.1 Å². The zero-order chi connectivity index (χ0) is 12.1. The normalized spacial score (nSPS) is 14.4. The van der Waals surface area contributed by atoms with Crippen molar-refractivity contribution in [3.63, 3.8) is 0 Å². The molecule has 2 atom stereocenters. The molecule has 2 unspecified atom stereocenters. The summed E-state index contributed by atoms with van der Waals surface area (Å²) in [5, 5.41) is 8.10. The number of carboxylic acids is 1. The molecule has 3 nitrogen and oxygen atoms in total. The minimum Gasteiger partial charge on any atom is -0.480 e. The van der Waals surface area contributed by atoms with E-state index in [9.17, 15) is 9.00 Å².